The average Bonchev–Trinajstić information content (AvgIpc) is 3.86. The maximum atomic E-state index is 2.53. The Hall–Kier alpha value is -6.24. The maximum absolute atomic E-state index is 2.53. The first-order chi connectivity index (χ1) is 28.0. The van der Waals surface area contributed by atoms with Crippen LogP contribution in [-0.2, 0) is 16.2 Å². The van der Waals surface area contributed by atoms with Gasteiger partial charge in [0, 0.05) is 22.2 Å². The molecule has 0 bridgehead atoms. The Labute approximate surface area is 342 Å². The van der Waals surface area contributed by atoms with Crippen molar-refractivity contribution in [3.8, 4) is 66.8 Å². The highest BCUT2D eigenvalue weighted by Crippen LogP contribution is 2.56. The molecule has 0 amide bonds. The lowest BCUT2D eigenvalue weighted by Crippen LogP contribution is -2.15. The molecule has 8 aromatic carbocycles. The van der Waals surface area contributed by atoms with Crippen molar-refractivity contribution < 1.29 is 0 Å². The van der Waals surface area contributed by atoms with Crippen LogP contribution in [0, 0.1) is 0 Å². The van der Waals surface area contributed by atoms with Crippen molar-refractivity contribution in [2.24, 2.45) is 0 Å². The first kappa shape index (κ1) is 33.9. The molecular weight excluding hydrogens is 697 g/mol. The van der Waals surface area contributed by atoms with Crippen LogP contribution < -0.4 is 0 Å². The van der Waals surface area contributed by atoms with E-state index >= 15 is 0 Å². The molecule has 12 rings (SSSR count). The van der Waals surface area contributed by atoms with Gasteiger partial charge in [-0.05, 0) is 141 Å². The first-order valence-electron chi connectivity index (χ1n) is 21.0. The fourth-order valence-corrected chi connectivity index (χ4v) is 11.6. The van der Waals surface area contributed by atoms with Gasteiger partial charge >= 0.3 is 0 Å². The summed E-state index contributed by atoms with van der Waals surface area (Å²) in [5, 5.41) is 0. The standard InChI is InChI=1S/C58H46/c1-56(2)49-16-10-7-13-39(49)42-24-19-36(31-52(42)56)34-21-27-45-47(29-34)48-30-35(37-20-25-43-40-14-8-11-17-50(40)57(3,4)53(43)32-37)22-28-46(48)55(45)38-23-26-44-41-15-9-12-18-51(41)58(5,6)54(44)33-38/h7-33,55H,1-6H3. The molecule has 0 heteroatoms. The predicted molar refractivity (Wildman–Crippen MR) is 243 cm³/mol. The molecule has 0 heterocycles. The molecule has 0 aromatic heterocycles. The van der Waals surface area contributed by atoms with Crippen LogP contribution in [0.2, 0.25) is 0 Å². The van der Waals surface area contributed by atoms with E-state index in [1.54, 1.807) is 0 Å². The van der Waals surface area contributed by atoms with Gasteiger partial charge in [-0.3, -0.25) is 0 Å². The number of benzene rings is 8. The minimum absolute atomic E-state index is 0.0436. The van der Waals surface area contributed by atoms with E-state index in [-0.39, 0.29) is 22.2 Å². The molecule has 0 unspecified atom stereocenters. The quantitative estimate of drug-likeness (QED) is 0.169. The van der Waals surface area contributed by atoms with E-state index in [1.807, 2.05) is 0 Å². The van der Waals surface area contributed by atoms with Gasteiger partial charge in [0.25, 0.3) is 0 Å². The molecule has 0 saturated heterocycles. The van der Waals surface area contributed by atoms with Crippen LogP contribution in [0.5, 0.6) is 0 Å². The van der Waals surface area contributed by atoms with Crippen LogP contribution in [0.25, 0.3) is 66.8 Å². The lowest BCUT2D eigenvalue weighted by atomic mass is 9.80. The number of fused-ring (bicyclic) bond motifs is 12. The Balaban J connectivity index is 1.02. The summed E-state index contributed by atoms with van der Waals surface area (Å²) < 4.78 is 0. The van der Waals surface area contributed by atoms with Crippen LogP contribution in [-0.4, -0.2) is 0 Å². The van der Waals surface area contributed by atoms with Gasteiger partial charge in [-0.2, -0.15) is 0 Å². The van der Waals surface area contributed by atoms with Crippen LogP contribution in [0.1, 0.15) is 97.5 Å². The third kappa shape index (κ3) is 4.41. The lowest BCUT2D eigenvalue weighted by Gasteiger charge is -2.23. The summed E-state index contributed by atoms with van der Waals surface area (Å²) >= 11 is 0. The molecule has 0 N–H and O–H groups in total. The Morgan fingerprint density at radius 3 is 1.03 bits per heavy atom. The molecule has 0 atom stereocenters. The molecule has 0 aliphatic heterocycles. The highest BCUT2D eigenvalue weighted by molar-refractivity contribution is 5.91. The van der Waals surface area contributed by atoms with Gasteiger partial charge in [0.15, 0.2) is 0 Å². The van der Waals surface area contributed by atoms with Gasteiger partial charge < -0.3 is 0 Å². The van der Waals surface area contributed by atoms with E-state index in [9.17, 15) is 0 Å². The first-order valence-corrected chi connectivity index (χ1v) is 21.0. The van der Waals surface area contributed by atoms with E-state index in [0.29, 0.717) is 0 Å². The minimum atomic E-state index is -0.0536. The van der Waals surface area contributed by atoms with Crippen molar-refractivity contribution in [2.75, 3.05) is 0 Å². The molecule has 8 aromatic rings. The van der Waals surface area contributed by atoms with Crippen molar-refractivity contribution in [3.05, 3.63) is 214 Å². The van der Waals surface area contributed by atoms with Gasteiger partial charge in [0.1, 0.15) is 0 Å². The van der Waals surface area contributed by atoms with E-state index < -0.39 is 0 Å². The summed E-state index contributed by atoms with van der Waals surface area (Å²) in [7, 11) is 0. The topological polar surface area (TPSA) is 0 Å². The Kier molecular flexibility index (Phi) is 6.69. The van der Waals surface area contributed by atoms with Crippen LogP contribution in [0.15, 0.2) is 164 Å². The second-order valence-electron chi connectivity index (χ2n) is 18.9. The van der Waals surface area contributed by atoms with E-state index in [4.69, 9.17) is 0 Å². The molecule has 4 aliphatic carbocycles. The van der Waals surface area contributed by atoms with E-state index in [1.165, 1.54) is 117 Å². The Bertz CT molecular complexity index is 2930. The van der Waals surface area contributed by atoms with Crippen LogP contribution in [0.4, 0.5) is 0 Å². The summed E-state index contributed by atoms with van der Waals surface area (Å²) in [6, 6.07) is 63.1. The van der Waals surface area contributed by atoms with Gasteiger partial charge in [0.2, 0.25) is 0 Å². The molecule has 0 spiro atoms. The fraction of sp³-hybridized carbons (Fsp3) is 0.172. The monoisotopic (exact) mass is 742 g/mol. The van der Waals surface area contributed by atoms with Gasteiger partial charge in [-0.1, -0.05) is 181 Å². The third-order valence-electron chi connectivity index (χ3n) is 14.8. The summed E-state index contributed by atoms with van der Waals surface area (Å²) in [5.74, 6) is 0.153. The average molecular weight is 743 g/mol. The van der Waals surface area contributed by atoms with Crippen molar-refractivity contribution in [3.63, 3.8) is 0 Å². The van der Waals surface area contributed by atoms with Crippen molar-refractivity contribution in [2.45, 2.75) is 63.7 Å². The largest absolute Gasteiger partial charge is 0.0619 e. The highest BCUT2D eigenvalue weighted by Gasteiger charge is 2.39. The molecule has 278 valence electrons. The summed E-state index contributed by atoms with van der Waals surface area (Å²) in [4.78, 5) is 0. The smallest absolute Gasteiger partial charge is 0.0352 e. The SMILES string of the molecule is CC1(C)c2ccccc2-c2ccc(-c3ccc4c(c3)-c3cc(-c5ccc6c(c5)C(C)(C)c5ccccc5-6)ccc3C4c3ccc4c(c3)C(C)(C)c3ccccc3-4)cc21. The zero-order valence-corrected chi connectivity index (χ0v) is 34.2. The Morgan fingerprint density at radius 2 is 0.603 bits per heavy atom. The lowest BCUT2D eigenvalue weighted by molar-refractivity contribution is 0.659. The molecule has 0 saturated carbocycles. The van der Waals surface area contributed by atoms with Crippen molar-refractivity contribution in [1.29, 1.82) is 0 Å². The number of hydrogen-bond donors (Lipinski definition) is 0. The molecule has 58 heavy (non-hydrogen) atoms. The van der Waals surface area contributed by atoms with E-state index in [2.05, 4.69) is 205 Å². The summed E-state index contributed by atoms with van der Waals surface area (Å²) in [5.41, 5.74) is 28.5. The molecule has 0 fully saturated rings. The van der Waals surface area contributed by atoms with Crippen LogP contribution >= 0.6 is 0 Å². The predicted octanol–water partition coefficient (Wildman–Crippen LogP) is 15.1. The number of rotatable bonds is 3. The normalized spacial score (nSPS) is 16.4. The highest BCUT2D eigenvalue weighted by atomic mass is 14.4. The molecule has 0 radical (unpaired) electrons. The van der Waals surface area contributed by atoms with Crippen LogP contribution in [0.3, 0.4) is 0 Å². The van der Waals surface area contributed by atoms with Gasteiger partial charge in [0.05, 0.1) is 0 Å². The second kappa shape index (κ2) is 11.5. The molecule has 0 nitrogen and oxygen atoms in total. The van der Waals surface area contributed by atoms with Crippen molar-refractivity contribution >= 4 is 0 Å². The van der Waals surface area contributed by atoms with E-state index in [0.717, 1.165) is 0 Å². The Morgan fingerprint density at radius 1 is 0.276 bits per heavy atom. The zero-order chi connectivity index (χ0) is 39.3. The van der Waals surface area contributed by atoms with Crippen molar-refractivity contribution in [1.82, 2.24) is 0 Å². The zero-order valence-electron chi connectivity index (χ0n) is 34.2. The fourth-order valence-electron chi connectivity index (χ4n) is 11.6. The molecule has 4 aliphatic rings. The maximum Gasteiger partial charge on any atom is 0.0352 e. The second-order valence-corrected chi connectivity index (χ2v) is 18.9. The molecular formula is C58H46. The minimum Gasteiger partial charge on any atom is -0.0619 e. The summed E-state index contributed by atoms with van der Waals surface area (Å²) in [6.45, 7) is 14.3. The number of hydrogen-bond acceptors (Lipinski definition) is 0. The van der Waals surface area contributed by atoms with Gasteiger partial charge in [-0.15, -0.1) is 0 Å². The third-order valence-corrected chi connectivity index (χ3v) is 14.8. The summed E-state index contributed by atoms with van der Waals surface area (Å²) in [6.07, 6.45) is 0. The van der Waals surface area contributed by atoms with Gasteiger partial charge in [-0.25, -0.2) is 0 Å².